The number of rotatable bonds is 7. The van der Waals surface area contributed by atoms with E-state index < -0.39 is 62.4 Å². The van der Waals surface area contributed by atoms with E-state index in [0.717, 1.165) is 18.2 Å². The molecule has 5 heterocycles. The molecule has 2 N–H and O–H groups in total. The number of carbonyl (C=O) groups excluding carboxylic acids is 1. The fourth-order valence-corrected chi connectivity index (χ4v) is 6.40. The van der Waals surface area contributed by atoms with Crippen molar-refractivity contribution in [1.29, 1.82) is 0 Å². The Hall–Kier alpha value is -3.43. The minimum Gasteiger partial charge on any atom is -0.476 e. The maximum absolute atomic E-state index is 13.7. The molecule has 0 spiro atoms. The van der Waals surface area contributed by atoms with Crippen molar-refractivity contribution in [2.75, 3.05) is 25.6 Å². The molecule has 0 bridgehead atoms. The Balaban J connectivity index is 1.24. The summed E-state index contributed by atoms with van der Waals surface area (Å²) >= 11 is 0. The van der Waals surface area contributed by atoms with Crippen LogP contribution >= 0.6 is 7.82 Å². The van der Waals surface area contributed by atoms with Crippen molar-refractivity contribution in [3.63, 3.8) is 0 Å². The van der Waals surface area contributed by atoms with Gasteiger partial charge < -0.3 is 24.7 Å². The number of hydrogen-bond donors (Lipinski definition) is 1. The molecule has 3 aliphatic rings. The molecule has 1 aromatic carbocycles. The van der Waals surface area contributed by atoms with E-state index in [1.807, 2.05) is 0 Å². The van der Waals surface area contributed by atoms with Crippen LogP contribution in [-0.4, -0.2) is 63.3 Å². The van der Waals surface area contributed by atoms with Gasteiger partial charge in [0.2, 0.25) is 11.8 Å². The molecule has 0 radical (unpaired) electrons. The van der Waals surface area contributed by atoms with Gasteiger partial charge in [0.05, 0.1) is 32.3 Å². The average molecular weight is 583 g/mol. The first-order valence-corrected chi connectivity index (χ1v) is 13.8. The summed E-state index contributed by atoms with van der Waals surface area (Å²) < 4.78 is 81.2. The number of benzene rings is 1. The molecular formula is C23H24F2N5O9P. The van der Waals surface area contributed by atoms with Crippen LogP contribution in [0.1, 0.15) is 38.2 Å². The highest BCUT2D eigenvalue weighted by Gasteiger charge is 2.64. The van der Waals surface area contributed by atoms with Gasteiger partial charge in [0, 0.05) is 12.5 Å². The zero-order valence-electron chi connectivity index (χ0n) is 21.2. The molecule has 6 unspecified atom stereocenters. The van der Waals surface area contributed by atoms with Gasteiger partial charge in [-0.2, -0.15) is 9.97 Å². The van der Waals surface area contributed by atoms with Crippen molar-refractivity contribution in [2.45, 2.75) is 50.4 Å². The van der Waals surface area contributed by atoms with Gasteiger partial charge in [0.1, 0.15) is 17.7 Å². The van der Waals surface area contributed by atoms with Gasteiger partial charge in [0.25, 0.3) is 0 Å². The lowest BCUT2D eigenvalue weighted by Crippen LogP contribution is -2.42. The molecule has 40 heavy (non-hydrogen) atoms. The van der Waals surface area contributed by atoms with Crippen LogP contribution in [0.4, 0.5) is 19.5 Å². The van der Waals surface area contributed by atoms with Crippen LogP contribution in [0.5, 0.6) is 5.88 Å². The fraction of sp³-hybridized carbons (Fsp3) is 0.478. The number of imidazole rings is 1. The van der Waals surface area contributed by atoms with E-state index in [-0.39, 0.29) is 36.1 Å². The van der Waals surface area contributed by atoms with E-state index in [0.29, 0.717) is 12.1 Å². The first kappa shape index (κ1) is 26.8. The number of aromatic nitrogens is 4. The maximum Gasteiger partial charge on any atom is 0.509 e. The number of phosphoric ester groups is 1. The second-order valence-corrected chi connectivity index (χ2v) is 11.0. The second-order valence-electron chi connectivity index (χ2n) is 9.41. The monoisotopic (exact) mass is 583 g/mol. The lowest BCUT2D eigenvalue weighted by atomic mass is 9.96. The number of nitrogen functional groups attached to an aromatic ring is 1. The Morgan fingerprint density at radius 1 is 1.25 bits per heavy atom. The second kappa shape index (κ2) is 9.89. The van der Waals surface area contributed by atoms with Crippen LogP contribution in [-0.2, 0) is 32.3 Å². The third kappa shape index (κ3) is 4.65. The number of phosphoric acid groups is 1. The maximum atomic E-state index is 13.7. The Kier molecular flexibility index (Phi) is 6.62. The van der Waals surface area contributed by atoms with Gasteiger partial charge in [-0.3, -0.25) is 18.1 Å². The van der Waals surface area contributed by atoms with Crippen molar-refractivity contribution in [1.82, 2.24) is 19.5 Å². The van der Waals surface area contributed by atoms with E-state index in [4.69, 9.17) is 38.3 Å². The first-order chi connectivity index (χ1) is 19.1. The lowest BCUT2D eigenvalue weighted by Gasteiger charge is -2.30. The Morgan fingerprint density at radius 2 is 2.02 bits per heavy atom. The number of halogens is 2. The molecule has 3 aliphatic heterocycles. The zero-order chi connectivity index (χ0) is 28.2. The highest BCUT2D eigenvalue weighted by molar-refractivity contribution is 7.48. The average Bonchev–Trinajstić information content (AvgIpc) is 3.51. The van der Waals surface area contributed by atoms with Gasteiger partial charge in [0.15, 0.2) is 29.1 Å². The SMILES string of the molecule is CCOc1nc(N)nc2c1ncn2C1OC(COP2(=O)OCCC(c3cc(F)cc(F)c3)O2)C2OC(=O)OC21C. The summed E-state index contributed by atoms with van der Waals surface area (Å²) in [5.41, 5.74) is 5.19. The van der Waals surface area contributed by atoms with Gasteiger partial charge in [-0.25, -0.2) is 23.1 Å². The number of ether oxygens (including phenoxy) is 4. The third-order valence-electron chi connectivity index (χ3n) is 6.70. The zero-order valence-corrected chi connectivity index (χ0v) is 22.1. The highest BCUT2D eigenvalue weighted by atomic mass is 31.2. The van der Waals surface area contributed by atoms with Crippen LogP contribution in [0, 0.1) is 11.6 Å². The van der Waals surface area contributed by atoms with E-state index in [1.54, 1.807) is 13.8 Å². The third-order valence-corrected chi connectivity index (χ3v) is 8.18. The van der Waals surface area contributed by atoms with E-state index >= 15 is 0 Å². The predicted octanol–water partition coefficient (Wildman–Crippen LogP) is 3.58. The summed E-state index contributed by atoms with van der Waals surface area (Å²) in [6.07, 6.45) is -3.32. The van der Waals surface area contributed by atoms with Crippen LogP contribution in [0.15, 0.2) is 24.5 Å². The normalized spacial score (nSPS) is 31.6. The van der Waals surface area contributed by atoms with Gasteiger partial charge in [-0.05, 0) is 31.5 Å². The summed E-state index contributed by atoms with van der Waals surface area (Å²) in [5.74, 6) is -1.52. The smallest absolute Gasteiger partial charge is 0.476 e. The molecule has 0 saturated carbocycles. The molecule has 214 valence electrons. The molecule has 0 amide bonds. The predicted molar refractivity (Wildman–Crippen MR) is 129 cm³/mol. The van der Waals surface area contributed by atoms with Crippen molar-refractivity contribution < 1.29 is 50.7 Å². The van der Waals surface area contributed by atoms with Crippen LogP contribution in [0.3, 0.4) is 0 Å². The number of fused-ring (bicyclic) bond motifs is 2. The highest BCUT2D eigenvalue weighted by Crippen LogP contribution is 2.58. The molecule has 3 fully saturated rings. The van der Waals surface area contributed by atoms with E-state index in [1.165, 1.54) is 10.9 Å². The minimum absolute atomic E-state index is 0.0578. The Bertz CT molecular complexity index is 1510. The Labute approximate surface area is 225 Å². The molecule has 17 heteroatoms. The molecule has 3 saturated heterocycles. The number of hydrogen-bond acceptors (Lipinski definition) is 13. The summed E-state index contributed by atoms with van der Waals surface area (Å²) in [6, 6.07) is 2.88. The number of nitrogens with two attached hydrogens (primary N) is 1. The summed E-state index contributed by atoms with van der Waals surface area (Å²) in [6.45, 7) is 3.21. The molecule has 6 atom stereocenters. The molecular weight excluding hydrogens is 559 g/mol. The molecule has 3 aromatic rings. The largest absolute Gasteiger partial charge is 0.509 e. The van der Waals surface area contributed by atoms with Gasteiger partial charge in [-0.15, -0.1) is 0 Å². The molecule has 6 rings (SSSR count). The minimum atomic E-state index is -4.21. The summed E-state index contributed by atoms with van der Waals surface area (Å²) in [7, 11) is -4.21. The lowest BCUT2D eigenvalue weighted by molar-refractivity contribution is -0.0926. The van der Waals surface area contributed by atoms with Crippen LogP contribution in [0.25, 0.3) is 11.2 Å². The van der Waals surface area contributed by atoms with Crippen molar-refractivity contribution >= 4 is 31.1 Å². The van der Waals surface area contributed by atoms with Crippen LogP contribution < -0.4 is 10.5 Å². The summed E-state index contributed by atoms with van der Waals surface area (Å²) in [5, 5.41) is 0. The Morgan fingerprint density at radius 3 is 2.77 bits per heavy atom. The topological polar surface area (TPSA) is 168 Å². The van der Waals surface area contributed by atoms with Crippen molar-refractivity contribution in [3.8, 4) is 5.88 Å². The standard InChI is InChI=1S/C23H24F2N5O9P/c1-3-33-19-16-18(28-21(26)29-19)30(10-27-16)20-23(2)17(37-22(31)38-23)15(36-20)9-35-40(32)34-5-4-14(39-40)11-6-12(24)8-13(25)7-11/h6-8,10,14-15,17,20H,3-5,9H2,1-2H3,(H2,26,28,29). The number of carbonyl (C=O) groups is 1. The molecule has 14 nitrogen and oxygen atoms in total. The molecule has 0 aliphatic carbocycles. The molecule has 2 aromatic heterocycles. The first-order valence-electron chi connectivity index (χ1n) is 12.3. The van der Waals surface area contributed by atoms with Gasteiger partial charge in [-0.1, -0.05) is 0 Å². The quantitative estimate of drug-likeness (QED) is 0.317. The number of anilines is 1. The van der Waals surface area contributed by atoms with Crippen LogP contribution in [0.2, 0.25) is 0 Å². The summed E-state index contributed by atoms with van der Waals surface area (Å²) in [4.78, 5) is 24.8. The van der Waals surface area contributed by atoms with E-state index in [2.05, 4.69) is 15.0 Å². The van der Waals surface area contributed by atoms with Crippen molar-refractivity contribution in [3.05, 3.63) is 41.7 Å². The van der Waals surface area contributed by atoms with Gasteiger partial charge >= 0.3 is 14.0 Å². The number of nitrogens with zero attached hydrogens (tertiary/aromatic N) is 4. The van der Waals surface area contributed by atoms with Crippen molar-refractivity contribution in [2.24, 2.45) is 0 Å². The van der Waals surface area contributed by atoms with E-state index in [9.17, 15) is 18.1 Å². The fourth-order valence-electron chi connectivity index (χ4n) is 5.01.